The van der Waals surface area contributed by atoms with Crippen molar-refractivity contribution in [1.29, 1.82) is 0 Å². The lowest BCUT2D eigenvalue weighted by atomic mass is 9.92. The Morgan fingerprint density at radius 2 is 1.93 bits per heavy atom. The number of fused-ring (bicyclic) bond motifs is 2. The lowest BCUT2D eigenvalue weighted by molar-refractivity contribution is -0.124. The molecule has 0 aromatic heterocycles. The molecule has 3 saturated heterocycles. The number of Topliss-reactive ketones (excluding diaryl/α,β-unsaturated/α-hetero) is 1. The van der Waals surface area contributed by atoms with Crippen molar-refractivity contribution < 1.29 is 24.2 Å². The van der Waals surface area contributed by atoms with Crippen LogP contribution in [0.1, 0.15) is 55.3 Å². The number of ketones is 1. The Morgan fingerprint density at radius 1 is 1.23 bits per heavy atom. The lowest BCUT2D eigenvalue weighted by Gasteiger charge is -2.39. The normalized spacial score (nSPS) is 27.9. The zero-order valence-electron chi connectivity index (χ0n) is 18.1. The van der Waals surface area contributed by atoms with Crippen LogP contribution in [0.4, 0.5) is 4.79 Å². The third kappa shape index (κ3) is 4.05. The summed E-state index contributed by atoms with van der Waals surface area (Å²) >= 11 is 0. The standard InChI is InChI=1S/C23H32N2O5/c1-14-15(2)22(30-13-20-12-24(23(27)28)8-9-29-20)7-6-21(14)16(3)25-17-4-5-18(25)11-19(26)10-17/h6-7,16-18,20H,4-5,8-13H2,1-3H3,(H,27,28). The van der Waals surface area contributed by atoms with E-state index in [4.69, 9.17) is 9.47 Å². The summed E-state index contributed by atoms with van der Waals surface area (Å²) in [4.78, 5) is 27.1. The van der Waals surface area contributed by atoms with Crippen LogP contribution in [0.3, 0.4) is 0 Å². The van der Waals surface area contributed by atoms with Crippen molar-refractivity contribution in [2.24, 2.45) is 0 Å². The SMILES string of the molecule is Cc1c(OCC2CN(C(=O)O)CCO2)ccc(C(C)N2C3CCC2CC(=O)C3)c1C. The summed E-state index contributed by atoms with van der Waals surface area (Å²) in [5.74, 6) is 1.23. The van der Waals surface area contributed by atoms with Gasteiger partial charge < -0.3 is 19.5 Å². The molecule has 1 aromatic rings. The molecule has 1 aromatic carbocycles. The number of rotatable bonds is 5. The van der Waals surface area contributed by atoms with Gasteiger partial charge in [-0.15, -0.1) is 0 Å². The van der Waals surface area contributed by atoms with Gasteiger partial charge in [0.1, 0.15) is 24.2 Å². The van der Waals surface area contributed by atoms with Crippen LogP contribution >= 0.6 is 0 Å². The van der Waals surface area contributed by atoms with Gasteiger partial charge in [0.15, 0.2) is 0 Å². The van der Waals surface area contributed by atoms with E-state index < -0.39 is 6.09 Å². The lowest BCUT2D eigenvalue weighted by Crippen LogP contribution is -2.47. The van der Waals surface area contributed by atoms with Gasteiger partial charge in [0.25, 0.3) is 0 Å². The first-order valence-corrected chi connectivity index (χ1v) is 11.0. The van der Waals surface area contributed by atoms with E-state index >= 15 is 0 Å². The van der Waals surface area contributed by atoms with Crippen LogP contribution in [-0.2, 0) is 9.53 Å². The van der Waals surface area contributed by atoms with Crippen molar-refractivity contribution in [2.75, 3.05) is 26.3 Å². The van der Waals surface area contributed by atoms with Crippen molar-refractivity contribution in [3.8, 4) is 5.75 Å². The van der Waals surface area contributed by atoms with Gasteiger partial charge in [0, 0.05) is 37.5 Å². The summed E-state index contributed by atoms with van der Waals surface area (Å²) in [5.41, 5.74) is 3.61. The van der Waals surface area contributed by atoms with Crippen molar-refractivity contribution in [3.05, 3.63) is 28.8 Å². The van der Waals surface area contributed by atoms with Crippen molar-refractivity contribution in [3.63, 3.8) is 0 Å². The van der Waals surface area contributed by atoms with Gasteiger partial charge in [-0.2, -0.15) is 0 Å². The van der Waals surface area contributed by atoms with Crippen LogP contribution in [0.5, 0.6) is 5.75 Å². The van der Waals surface area contributed by atoms with E-state index in [9.17, 15) is 14.7 Å². The first-order valence-electron chi connectivity index (χ1n) is 11.0. The molecule has 4 atom stereocenters. The number of carbonyl (C=O) groups excluding carboxylic acids is 1. The predicted molar refractivity (Wildman–Crippen MR) is 112 cm³/mol. The number of morpholine rings is 1. The van der Waals surface area contributed by atoms with E-state index in [1.165, 1.54) is 16.0 Å². The van der Waals surface area contributed by atoms with Crippen LogP contribution in [-0.4, -0.2) is 71.3 Å². The summed E-state index contributed by atoms with van der Waals surface area (Å²) < 4.78 is 11.7. The van der Waals surface area contributed by atoms with Crippen LogP contribution < -0.4 is 4.74 Å². The highest BCUT2D eigenvalue weighted by Crippen LogP contribution is 2.41. The van der Waals surface area contributed by atoms with Crippen molar-refractivity contribution in [2.45, 2.75) is 70.7 Å². The molecule has 7 nitrogen and oxygen atoms in total. The fourth-order valence-corrected chi connectivity index (χ4v) is 5.40. The summed E-state index contributed by atoms with van der Waals surface area (Å²) in [6.45, 7) is 7.92. The second kappa shape index (κ2) is 8.55. The summed E-state index contributed by atoms with van der Waals surface area (Å²) in [7, 11) is 0. The van der Waals surface area contributed by atoms with Gasteiger partial charge in [-0.3, -0.25) is 9.69 Å². The number of carbonyl (C=O) groups is 2. The third-order valence-electron chi connectivity index (χ3n) is 7.11. The Balaban J connectivity index is 1.43. The highest BCUT2D eigenvalue weighted by molar-refractivity contribution is 5.81. The Labute approximate surface area is 177 Å². The van der Waals surface area contributed by atoms with Crippen molar-refractivity contribution >= 4 is 11.9 Å². The van der Waals surface area contributed by atoms with Gasteiger partial charge in [0.2, 0.25) is 0 Å². The van der Waals surface area contributed by atoms with Crippen molar-refractivity contribution in [1.82, 2.24) is 9.80 Å². The minimum absolute atomic E-state index is 0.255. The molecule has 1 amide bonds. The van der Waals surface area contributed by atoms with E-state index in [-0.39, 0.29) is 12.1 Å². The number of hydrogen-bond acceptors (Lipinski definition) is 5. The highest BCUT2D eigenvalue weighted by Gasteiger charge is 2.42. The summed E-state index contributed by atoms with van der Waals surface area (Å²) in [5, 5.41) is 9.17. The van der Waals surface area contributed by atoms with Crippen LogP contribution in [0.2, 0.25) is 0 Å². The Morgan fingerprint density at radius 3 is 2.60 bits per heavy atom. The number of carboxylic acid groups (broad SMARTS) is 1. The molecule has 7 heteroatoms. The molecular weight excluding hydrogens is 384 g/mol. The average Bonchev–Trinajstić information content (AvgIpc) is 3.00. The number of benzene rings is 1. The van der Waals surface area contributed by atoms with E-state index in [1.807, 2.05) is 6.07 Å². The molecule has 3 aliphatic heterocycles. The summed E-state index contributed by atoms with van der Waals surface area (Å²) in [6.07, 6.45) is 2.45. The van der Waals surface area contributed by atoms with Gasteiger partial charge in [-0.05, 0) is 56.4 Å². The predicted octanol–water partition coefficient (Wildman–Crippen LogP) is 3.32. The molecular formula is C23H32N2O5. The fraction of sp³-hybridized carbons (Fsp3) is 0.652. The molecule has 3 aliphatic rings. The van der Waals surface area contributed by atoms with E-state index in [0.29, 0.717) is 57.0 Å². The van der Waals surface area contributed by atoms with Crippen LogP contribution in [0.25, 0.3) is 0 Å². The molecule has 1 N–H and O–H groups in total. The Bertz CT molecular complexity index is 810. The third-order valence-corrected chi connectivity index (χ3v) is 7.11. The minimum atomic E-state index is -0.915. The number of amides is 1. The van der Waals surface area contributed by atoms with Gasteiger partial charge in [0.05, 0.1) is 13.2 Å². The largest absolute Gasteiger partial charge is 0.491 e. The van der Waals surface area contributed by atoms with E-state index in [1.54, 1.807) is 0 Å². The molecule has 164 valence electrons. The molecule has 0 saturated carbocycles. The molecule has 30 heavy (non-hydrogen) atoms. The molecule has 2 bridgehead atoms. The van der Waals surface area contributed by atoms with Crippen LogP contribution in [0, 0.1) is 13.8 Å². The zero-order chi connectivity index (χ0) is 21.4. The maximum absolute atomic E-state index is 12.0. The molecule has 4 rings (SSSR count). The minimum Gasteiger partial charge on any atom is -0.491 e. The molecule has 0 spiro atoms. The molecule has 0 radical (unpaired) electrons. The first kappa shape index (κ1) is 21.1. The Hall–Kier alpha value is -2.12. The molecule has 3 heterocycles. The molecule has 3 fully saturated rings. The maximum atomic E-state index is 12.0. The summed E-state index contributed by atoms with van der Waals surface area (Å²) in [6, 6.07) is 5.19. The number of ether oxygens (including phenoxy) is 2. The molecule has 0 aliphatic carbocycles. The van der Waals surface area contributed by atoms with Gasteiger partial charge in [-0.1, -0.05) is 6.07 Å². The number of piperidine rings is 1. The quantitative estimate of drug-likeness (QED) is 0.793. The maximum Gasteiger partial charge on any atom is 0.407 e. The van der Waals surface area contributed by atoms with E-state index in [0.717, 1.165) is 24.2 Å². The topological polar surface area (TPSA) is 79.3 Å². The Kier molecular flexibility index (Phi) is 6.02. The number of hydrogen-bond donors (Lipinski definition) is 1. The highest BCUT2D eigenvalue weighted by atomic mass is 16.5. The monoisotopic (exact) mass is 416 g/mol. The smallest absolute Gasteiger partial charge is 0.407 e. The first-order chi connectivity index (χ1) is 14.3. The molecule has 4 unspecified atom stereocenters. The second-order valence-electron chi connectivity index (χ2n) is 8.89. The van der Waals surface area contributed by atoms with Gasteiger partial charge in [-0.25, -0.2) is 4.79 Å². The zero-order valence-corrected chi connectivity index (χ0v) is 18.1. The van der Waals surface area contributed by atoms with Crippen LogP contribution in [0.15, 0.2) is 12.1 Å². The van der Waals surface area contributed by atoms with E-state index in [2.05, 4.69) is 31.7 Å². The average molecular weight is 417 g/mol. The van der Waals surface area contributed by atoms with Gasteiger partial charge >= 0.3 is 6.09 Å². The fourth-order valence-electron chi connectivity index (χ4n) is 5.40. The second-order valence-corrected chi connectivity index (χ2v) is 8.89. The number of nitrogens with zero attached hydrogens (tertiary/aromatic N) is 2.